The highest BCUT2D eigenvalue weighted by Gasteiger charge is 2.38. The summed E-state index contributed by atoms with van der Waals surface area (Å²) in [4.78, 5) is 32.9. The minimum absolute atomic E-state index is 0.00780. The van der Waals surface area contributed by atoms with Crippen molar-refractivity contribution in [1.82, 2.24) is 15.2 Å². The fourth-order valence-electron chi connectivity index (χ4n) is 3.20. The van der Waals surface area contributed by atoms with E-state index >= 15 is 0 Å². The second-order valence-electron chi connectivity index (χ2n) is 7.74. The second-order valence-corrected chi connectivity index (χ2v) is 7.74. The van der Waals surface area contributed by atoms with Crippen molar-refractivity contribution in [2.45, 2.75) is 18.6 Å². The fourth-order valence-corrected chi connectivity index (χ4v) is 3.20. The van der Waals surface area contributed by atoms with Crippen molar-refractivity contribution in [1.29, 1.82) is 5.26 Å². The Hall–Kier alpha value is -4.18. The molecule has 1 saturated heterocycles. The first-order valence-electron chi connectivity index (χ1n) is 11.8. The standard InChI is InChI=1S/C21H19FN4O3.C2HF3O2/c1-26-18-8-13(4-5-19(18)29-21(26)28)12-2-3-14(17(22)7-12)6-16(9-23)25-20(27)15-10-24-11-15;3-2(4,5)1(6)7/h2-5,7-8,15-16,24H,6,10-11H2,1H3,(H,25,27);(H,6,7)/t16-;/m0./s1/i1D3;. The van der Waals surface area contributed by atoms with Crippen LogP contribution in [0.5, 0.6) is 0 Å². The Morgan fingerprint density at radius 2 is 1.94 bits per heavy atom. The van der Waals surface area contributed by atoms with Gasteiger partial charge in [-0.25, -0.2) is 14.0 Å². The molecule has 3 N–H and O–H groups in total. The third-order valence-electron chi connectivity index (χ3n) is 5.26. The van der Waals surface area contributed by atoms with Crippen LogP contribution in [0.1, 0.15) is 9.68 Å². The molecule has 1 aromatic heterocycles. The number of nitriles is 1. The zero-order valence-corrected chi connectivity index (χ0v) is 18.2. The topological polar surface area (TPSA) is 137 Å². The lowest BCUT2D eigenvalue weighted by Gasteiger charge is -2.26. The first-order valence-corrected chi connectivity index (χ1v) is 10.3. The molecule has 36 heavy (non-hydrogen) atoms. The Morgan fingerprint density at radius 1 is 1.31 bits per heavy atom. The van der Waals surface area contributed by atoms with Crippen LogP contribution in [0.3, 0.4) is 0 Å². The van der Waals surface area contributed by atoms with Crippen LogP contribution < -0.4 is 16.4 Å². The number of fused-ring (bicyclic) bond motifs is 1. The van der Waals surface area contributed by atoms with Gasteiger partial charge in [-0.2, -0.15) is 18.4 Å². The van der Waals surface area contributed by atoms with E-state index < -0.39 is 36.7 Å². The van der Waals surface area contributed by atoms with Gasteiger partial charge in [-0.15, -0.1) is 0 Å². The smallest absolute Gasteiger partial charge is 0.475 e. The quantitative estimate of drug-likeness (QED) is 0.447. The largest absolute Gasteiger partial charge is 0.490 e. The zero-order valence-electron chi connectivity index (χ0n) is 21.2. The van der Waals surface area contributed by atoms with Gasteiger partial charge < -0.3 is 20.2 Å². The predicted molar refractivity (Wildman–Crippen MR) is 118 cm³/mol. The Kier molecular flexibility index (Phi) is 6.57. The van der Waals surface area contributed by atoms with Crippen molar-refractivity contribution in [3.8, 4) is 17.2 Å². The Morgan fingerprint density at radius 3 is 2.47 bits per heavy atom. The molecular formula is C23H20F4N4O5. The molecule has 1 aliphatic heterocycles. The molecule has 1 atom stereocenters. The van der Waals surface area contributed by atoms with Gasteiger partial charge in [-0.3, -0.25) is 9.36 Å². The molecule has 9 nitrogen and oxygen atoms in total. The number of aryl methyl sites for hydroxylation is 1. The number of nitrogens with zero attached hydrogens (tertiary/aromatic N) is 2. The van der Waals surface area contributed by atoms with Crippen molar-refractivity contribution in [3.05, 3.63) is 58.3 Å². The number of alkyl halides is 3. The number of benzene rings is 2. The summed E-state index contributed by atoms with van der Waals surface area (Å²) < 4.78 is 74.7. The molecular weight excluding hydrogens is 488 g/mol. The number of carboxylic acids is 1. The maximum absolute atomic E-state index is 14.8. The summed E-state index contributed by atoms with van der Waals surface area (Å²) in [7, 11) is 0. The zero-order chi connectivity index (χ0) is 29.1. The van der Waals surface area contributed by atoms with E-state index in [1.165, 1.54) is 24.3 Å². The van der Waals surface area contributed by atoms with Gasteiger partial charge in [0.05, 0.1) is 17.5 Å². The summed E-state index contributed by atoms with van der Waals surface area (Å²) in [5, 5.41) is 22.1. The van der Waals surface area contributed by atoms with E-state index in [0.29, 0.717) is 28.8 Å². The van der Waals surface area contributed by atoms with Crippen molar-refractivity contribution in [2.24, 2.45) is 12.9 Å². The molecule has 0 saturated carbocycles. The number of carbonyl (C=O) groups is 2. The molecule has 2 heterocycles. The molecule has 1 aliphatic rings. The van der Waals surface area contributed by atoms with Crippen molar-refractivity contribution >= 4 is 23.0 Å². The van der Waals surface area contributed by atoms with Crippen LogP contribution in [-0.4, -0.2) is 46.9 Å². The number of hydrogen-bond acceptors (Lipinski definition) is 6. The highest BCUT2D eigenvalue weighted by atomic mass is 19.4. The van der Waals surface area contributed by atoms with Gasteiger partial charge >= 0.3 is 17.9 Å². The average molecular weight is 511 g/mol. The molecule has 3 aromatic rings. The summed E-state index contributed by atoms with van der Waals surface area (Å²) in [6.45, 7) is -1.60. The second kappa shape index (κ2) is 10.6. The molecule has 0 bridgehead atoms. The van der Waals surface area contributed by atoms with Crippen LogP contribution in [0, 0.1) is 23.1 Å². The van der Waals surface area contributed by atoms with E-state index in [1.54, 1.807) is 12.1 Å². The number of halogens is 4. The lowest BCUT2D eigenvalue weighted by atomic mass is 9.98. The van der Waals surface area contributed by atoms with Crippen LogP contribution in [0.15, 0.2) is 45.6 Å². The Balaban J connectivity index is 0.000000532. The highest BCUT2D eigenvalue weighted by molar-refractivity contribution is 5.81. The third-order valence-corrected chi connectivity index (χ3v) is 5.26. The van der Waals surface area contributed by atoms with Crippen LogP contribution in [0.4, 0.5) is 17.6 Å². The van der Waals surface area contributed by atoms with Crippen molar-refractivity contribution in [3.63, 3.8) is 0 Å². The van der Waals surface area contributed by atoms with Gasteiger partial charge in [0, 0.05) is 30.6 Å². The number of carboxylic acid groups (broad SMARTS) is 1. The molecule has 0 radical (unpaired) electrons. The highest BCUT2D eigenvalue weighted by Crippen LogP contribution is 2.26. The predicted octanol–water partition coefficient (Wildman–Crippen LogP) is 2.34. The molecule has 4 rings (SSSR count). The van der Waals surface area contributed by atoms with Crippen LogP contribution >= 0.6 is 0 Å². The van der Waals surface area contributed by atoms with Gasteiger partial charge in [0.15, 0.2) is 5.58 Å². The molecule has 2 aromatic carbocycles. The van der Waals surface area contributed by atoms with Gasteiger partial charge in [0.2, 0.25) is 5.91 Å². The maximum atomic E-state index is 14.8. The lowest BCUT2D eigenvalue weighted by molar-refractivity contribution is -0.192. The van der Waals surface area contributed by atoms with E-state index in [9.17, 15) is 32.4 Å². The molecule has 0 aliphatic carbocycles. The van der Waals surface area contributed by atoms with Gasteiger partial charge in [0.25, 0.3) is 0 Å². The summed E-state index contributed by atoms with van der Waals surface area (Å²) in [5.74, 6) is -4.74. The average Bonchev–Trinajstić information content (AvgIpc) is 3.13. The van der Waals surface area contributed by atoms with E-state index in [1.807, 2.05) is 6.07 Å². The molecule has 13 heteroatoms. The van der Waals surface area contributed by atoms with Crippen molar-refractivity contribution < 1.29 is 40.8 Å². The van der Waals surface area contributed by atoms with E-state index in [-0.39, 0.29) is 34.9 Å². The van der Waals surface area contributed by atoms with Crippen LogP contribution in [0.25, 0.3) is 22.2 Å². The van der Waals surface area contributed by atoms with E-state index in [4.69, 9.17) is 18.4 Å². The summed E-state index contributed by atoms with van der Waals surface area (Å²) in [6, 6.07) is 10.0. The minimum Gasteiger partial charge on any atom is -0.475 e. The lowest BCUT2D eigenvalue weighted by Crippen LogP contribution is -2.52. The normalized spacial score (nSPS) is 15.8. The number of oxazole rings is 1. The molecule has 1 fully saturated rings. The first-order chi connectivity index (χ1) is 18.1. The Labute approximate surface area is 205 Å². The fraction of sp³-hybridized carbons (Fsp3) is 0.304. The summed E-state index contributed by atoms with van der Waals surface area (Å²) in [5.41, 5.74) is 1.40. The van der Waals surface area contributed by atoms with Gasteiger partial charge in [0.1, 0.15) is 11.9 Å². The number of rotatable bonds is 5. The minimum atomic E-state index is -5.08. The number of carbonyl (C=O) groups excluding carboxylic acids is 1. The molecule has 0 spiro atoms. The van der Waals surface area contributed by atoms with Gasteiger partial charge in [-0.05, 0) is 34.9 Å². The number of hydrogen-bond donors (Lipinski definition) is 3. The number of amides is 1. The first kappa shape index (κ1) is 22.3. The number of aliphatic carboxylic acids is 1. The number of aromatic nitrogens is 1. The summed E-state index contributed by atoms with van der Waals surface area (Å²) in [6.07, 6.45) is -5.08. The molecule has 190 valence electrons. The van der Waals surface area contributed by atoms with Crippen LogP contribution in [0.2, 0.25) is 0 Å². The van der Waals surface area contributed by atoms with E-state index in [0.717, 1.165) is 0 Å². The van der Waals surface area contributed by atoms with Gasteiger partial charge in [-0.1, -0.05) is 18.2 Å². The number of nitrogens with one attached hydrogen (secondary N) is 2. The van der Waals surface area contributed by atoms with Crippen molar-refractivity contribution in [2.75, 3.05) is 13.1 Å². The SMILES string of the molecule is O=C(O)C(F)(F)F.[2H]C([2H])([2H])n1c(=O)oc2ccc(-c3ccc(C[C@@H](C#N)NC(=O)C4CNC4)c(F)c3)cc21. The maximum Gasteiger partial charge on any atom is 0.490 e. The molecule has 1 amide bonds. The monoisotopic (exact) mass is 511 g/mol. The third kappa shape index (κ3) is 6.08. The summed E-state index contributed by atoms with van der Waals surface area (Å²) >= 11 is 0. The Bertz CT molecular complexity index is 1490. The molecule has 0 unspecified atom stereocenters. The van der Waals surface area contributed by atoms with Crippen LogP contribution in [-0.2, 0) is 23.0 Å². The van der Waals surface area contributed by atoms with E-state index in [2.05, 4.69) is 10.6 Å².